The summed E-state index contributed by atoms with van der Waals surface area (Å²) in [6.07, 6.45) is 4.35. The maximum Gasteiger partial charge on any atom is 0.137 e. The van der Waals surface area contributed by atoms with Crippen molar-refractivity contribution in [2.45, 2.75) is 13.0 Å². The first-order valence-corrected chi connectivity index (χ1v) is 7.98. The van der Waals surface area contributed by atoms with E-state index in [9.17, 15) is 4.39 Å². The zero-order valence-electron chi connectivity index (χ0n) is 11.6. The van der Waals surface area contributed by atoms with Crippen LogP contribution in [0.15, 0.2) is 59.3 Å². The second kappa shape index (κ2) is 6.63. The fourth-order valence-electron chi connectivity index (χ4n) is 2.30. The maximum absolute atomic E-state index is 13.3. The molecule has 22 heavy (non-hydrogen) atoms. The molecule has 2 aromatic carbocycles. The summed E-state index contributed by atoms with van der Waals surface area (Å²) in [6, 6.07) is 12.8. The molecule has 0 aliphatic heterocycles. The summed E-state index contributed by atoms with van der Waals surface area (Å²) in [6.45, 7) is 0.638. The van der Waals surface area contributed by atoms with Gasteiger partial charge in [-0.25, -0.2) is 9.37 Å². The van der Waals surface area contributed by atoms with Crippen LogP contribution in [0.1, 0.15) is 17.0 Å². The highest BCUT2D eigenvalue weighted by atomic mass is 79.9. The topological polar surface area (TPSA) is 17.8 Å². The first kappa shape index (κ1) is 15.3. The van der Waals surface area contributed by atoms with E-state index in [0.717, 1.165) is 22.0 Å². The first-order chi connectivity index (χ1) is 10.6. The second-order valence-corrected chi connectivity index (χ2v) is 6.25. The van der Waals surface area contributed by atoms with Crippen molar-refractivity contribution in [2.24, 2.45) is 0 Å². The van der Waals surface area contributed by atoms with Gasteiger partial charge in [0.05, 0.1) is 4.47 Å². The molecule has 3 rings (SSSR count). The minimum Gasteiger partial charge on any atom is -0.330 e. The number of imidazole rings is 1. The Morgan fingerprint density at radius 3 is 2.77 bits per heavy atom. The number of hydrogen-bond acceptors (Lipinski definition) is 1. The summed E-state index contributed by atoms with van der Waals surface area (Å²) < 4.78 is 15.8. The van der Waals surface area contributed by atoms with E-state index in [-0.39, 0.29) is 5.82 Å². The van der Waals surface area contributed by atoms with E-state index in [2.05, 4.69) is 20.9 Å². The zero-order chi connectivity index (χ0) is 15.5. The molecule has 0 N–H and O–H groups in total. The lowest BCUT2D eigenvalue weighted by atomic mass is 10.1. The van der Waals surface area contributed by atoms with Crippen molar-refractivity contribution in [3.63, 3.8) is 0 Å². The fourth-order valence-corrected chi connectivity index (χ4v) is 2.93. The van der Waals surface area contributed by atoms with Crippen molar-refractivity contribution in [1.82, 2.24) is 9.55 Å². The number of nitrogens with zero attached hydrogens (tertiary/aromatic N) is 2. The van der Waals surface area contributed by atoms with Crippen LogP contribution >= 0.6 is 27.5 Å². The van der Waals surface area contributed by atoms with Crippen LogP contribution in [0.5, 0.6) is 0 Å². The van der Waals surface area contributed by atoms with E-state index < -0.39 is 0 Å². The molecule has 0 unspecified atom stereocenters. The molecule has 0 saturated heterocycles. The van der Waals surface area contributed by atoms with E-state index in [1.807, 2.05) is 35.0 Å². The Morgan fingerprint density at radius 2 is 2.00 bits per heavy atom. The summed E-state index contributed by atoms with van der Waals surface area (Å²) in [4.78, 5) is 4.41. The molecular weight excluding hydrogens is 367 g/mol. The van der Waals surface area contributed by atoms with Gasteiger partial charge in [0.1, 0.15) is 11.6 Å². The Balaban J connectivity index is 1.83. The highest BCUT2D eigenvalue weighted by Crippen LogP contribution is 2.20. The van der Waals surface area contributed by atoms with Crippen molar-refractivity contribution in [3.05, 3.63) is 87.1 Å². The first-order valence-electron chi connectivity index (χ1n) is 6.81. The second-order valence-electron chi connectivity index (χ2n) is 4.99. The molecule has 0 radical (unpaired) electrons. The van der Waals surface area contributed by atoms with Crippen molar-refractivity contribution in [3.8, 4) is 0 Å². The van der Waals surface area contributed by atoms with Crippen LogP contribution in [0.3, 0.4) is 0 Å². The fraction of sp³-hybridized carbons (Fsp3) is 0.118. The monoisotopic (exact) mass is 378 g/mol. The number of benzene rings is 2. The number of halogens is 3. The molecule has 0 spiro atoms. The van der Waals surface area contributed by atoms with Crippen LogP contribution in [0.2, 0.25) is 5.02 Å². The molecule has 0 aliphatic carbocycles. The van der Waals surface area contributed by atoms with Crippen molar-refractivity contribution < 1.29 is 4.39 Å². The van der Waals surface area contributed by atoms with Gasteiger partial charge in [0.25, 0.3) is 0 Å². The SMILES string of the molecule is Fc1ccc(Cn2ccnc2Cc2ccccc2Cl)cc1Br. The quantitative estimate of drug-likeness (QED) is 0.618. The van der Waals surface area contributed by atoms with Crippen molar-refractivity contribution in [2.75, 3.05) is 0 Å². The predicted octanol–water partition coefficient (Wildman–Crippen LogP) is 5.08. The predicted molar refractivity (Wildman–Crippen MR) is 89.7 cm³/mol. The number of hydrogen-bond donors (Lipinski definition) is 0. The van der Waals surface area contributed by atoms with Gasteiger partial charge in [-0.2, -0.15) is 0 Å². The summed E-state index contributed by atoms with van der Waals surface area (Å²) >= 11 is 9.42. The van der Waals surface area contributed by atoms with Gasteiger partial charge in [-0.3, -0.25) is 0 Å². The van der Waals surface area contributed by atoms with Gasteiger partial charge in [-0.1, -0.05) is 35.9 Å². The highest BCUT2D eigenvalue weighted by molar-refractivity contribution is 9.10. The van der Waals surface area contributed by atoms with Gasteiger partial charge in [-0.15, -0.1) is 0 Å². The molecule has 3 aromatic rings. The molecule has 112 valence electrons. The summed E-state index contributed by atoms with van der Waals surface area (Å²) in [7, 11) is 0. The Labute approximate surface area is 141 Å². The normalized spacial score (nSPS) is 10.9. The standard InChI is InChI=1S/C17H13BrClFN2/c18-14-9-12(5-6-16(14)20)11-22-8-7-21-17(22)10-13-3-1-2-4-15(13)19/h1-9H,10-11H2. The molecule has 5 heteroatoms. The van der Waals surface area contributed by atoms with Crippen LogP contribution < -0.4 is 0 Å². The van der Waals surface area contributed by atoms with E-state index >= 15 is 0 Å². The average Bonchev–Trinajstić information content (AvgIpc) is 2.92. The lowest BCUT2D eigenvalue weighted by Crippen LogP contribution is -2.05. The van der Waals surface area contributed by atoms with E-state index in [1.165, 1.54) is 6.07 Å². The third kappa shape index (κ3) is 3.39. The van der Waals surface area contributed by atoms with Gasteiger partial charge >= 0.3 is 0 Å². The lowest BCUT2D eigenvalue weighted by Gasteiger charge is -2.09. The van der Waals surface area contributed by atoms with Gasteiger partial charge in [0, 0.05) is 30.4 Å². The zero-order valence-corrected chi connectivity index (χ0v) is 14.0. The van der Waals surface area contributed by atoms with Gasteiger partial charge in [-0.05, 0) is 45.3 Å². The minimum absolute atomic E-state index is 0.259. The lowest BCUT2D eigenvalue weighted by molar-refractivity contribution is 0.619. The third-order valence-electron chi connectivity index (χ3n) is 3.45. The molecular formula is C17H13BrClFN2. The van der Waals surface area contributed by atoms with E-state index in [4.69, 9.17) is 11.6 Å². The summed E-state index contributed by atoms with van der Waals surface area (Å²) in [5.41, 5.74) is 2.04. The number of rotatable bonds is 4. The van der Waals surface area contributed by atoms with Crippen molar-refractivity contribution >= 4 is 27.5 Å². The largest absolute Gasteiger partial charge is 0.330 e. The van der Waals surface area contributed by atoms with Crippen LogP contribution in [0.25, 0.3) is 0 Å². The highest BCUT2D eigenvalue weighted by Gasteiger charge is 2.08. The molecule has 2 nitrogen and oxygen atoms in total. The van der Waals surface area contributed by atoms with Gasteiger partial charge in [0.2, 0.25) is 0 Å². The van der Waals surface area contributed by atoms with Crippen LogP contribution in [-0.2, 0) is 13.0 Å². The number of aromatic nitrogens is 2. The molecule has 0 aliphatic rings. The molecule has 0 fully saturated rings. The smallest absolute Gasteiger partial charge is 0.137 e. The molecule has 1 aromatic heterocycles. The van der Waals surface area contributed by atoms with E-state index in [0.29, 0.717) is 17.4 Å². The average molecular weight is 380 g/mol. The van der Waals surface area contributed by atoms with E-state index in [1.54, 1.807) is 18.3 Å². The Bertz CT molecular complexity index is 801. The summed E-state index contributed by atoms with van der Waals surface area (Å²) in [5.74, 6) is 0.666. The van der Waals surface area contributed by atoms with Gasteiger partial charge in [0.15, 0.2) is 0 Å². The molecule has 0 amide bonds. The van der Waals surface area contributed by atoms with Gasteiger partial charge < -0.3 is 4.57 Å². The molecule has 0 atom stereocenters. The van der Waals surface area contributed by atoms with Crippen LogP contribution in [0, 0.1) is 5.82 Å². The molecule has 0 saturated carbocycles. The summed E-state index contributed by atoms with van der Waals surface area (Å²) in [5, 5.41) is 0.738. The Kier molecular flexibility index (Phi) is 4.60. The minimum atomic E-state index is -0.259. The Morgan fingerprint density at radius 1 is 1.18 bits per heavy atom. The molecule has 1 heterocycles. The van der Waals surface area contributed by atoms with Crippen molar-refractivity contribution in [1.29, 1.82) is 0 Å². The van der Waals surface area contributed by atoms with Crippen LogP contribution in [-0.4, -0.2) is 9.55 Å². The Hall–Kier alpha value is -1.65. The molecule has 0 bridgehead atoms. The van der Waals surface area contributed by atoms with Crippen LogP contribution in [0.4, 0.5) is 4.39 Å². The maximum atomic E-state index is 13.3. The third-order valence-corrected chi connectivity index (χ3v) is 4.42.